The molecule has 0 radical (unpaired) electrons. The second-order valence-corrected chi connectivity index (χ2v) is 9.62. The molecule has 0 spiro atoms. The molecule has 1 saturated carbocycles. The molecule has 6 nitrogen and oxygen atoms in total. The average molecular weight is 478 g/mol. The van der Waals surface area contributed by atoms with Gasteiger partial charge in [-0.25, -0.2) is 0 Å². The molecule has 2 aliphatic rings. The van der Waals surface area contributed by atoms with Crippen molar-refractivity contribution in [3.05, 3.63) is 64.7 Å². The summed E-state index contributed by atoms with van der Waals surface area (Å²) in [7, 11) is 1.59. The largest absolute Gasteiger partial charge is 0.507 e. The Bertz CT molecular complexity index is 1130. The minimum Gasteiger partial charge on any atom is -0.507 e. The first-order chi connectivity index (χ1) is 16.9. The van der Waals surface area contributed by atoms with Gasteiger partial charge in [-0.15, -0.1) is 0 Å². The van der Waals surface area contributed by atoms with Gasteiger partial charge < -0.3 is 19.5 Å². The second-order valence-electron chi connectivity index (χ2n) is 9.62. The van der Waals surface area contributed by atoms with Gasteiger partial charge in [0.15, 0.2) is 0 Å². The van der Waals surface area contributed by atoms with E-state index in [4.69, 9.17) is 9.47 Å². The lowest BCUT2D eigenvalue weighted by Crippen LogP contribution is -2.40. The number of aliphatic hydroxyl groups is 1. The van der Waals surface area contributed by atoms with Gasteiger partial charge in [0.1, 0.15) is 17.3 Å². The molecular weight excluding hydrogens is 442 g/mol. The third-order valence-corrected chi connectivity index (χ3v) is 7.06. The van der Waals surface area contributed by atoms with Crippen LogP contribution in [0.4, 0.5) is 0 Å². The molecule has 1 heterocycles. The third kappa shape index (κ3) is 4.79. The number of likely N-dealkylation sites (tertiary alicyclic amines) is 1. The van der Waals surface area contributed by atoms with Crippen molar-refractivity contribution in [3.8, 4) is 11.5 Å². The van der Waals surface area contributed by atoms with Gasteiger partial charge in [0.25, 0.3) is 11.7 Å². The Hall–Kier alpha value is -3.28. The van der Waals surface area contributed by atoms with E-state index in [1.54, 1.807) is 18.1 Å². The fourth-order valence-corrected chi connectivity index (χ4v) is 5.31. The molecule has 35 heavy (non-hydrogen) atoms. The Kier molecular flexibility index (Phi) is 7.48. The number of ketones is 1. The highest BCUT2D eigenvalue weighted by Crippen LogP contribution is 2.44. The van der Waals surface area contributed by atoms with E-state index in [0.717, 1.165) is 49.0 Å². The number of carbonyl (C=O) groups is 2. The standard InChI is InChI=1S/C29H35NO5/c1-5-35-24-15-14-20(17-23(24)18(2)3)27(31)25-26(19-10-9-13-22(16-19)34-4)30(29(33)28(25)32)21-11-7-6-8-12-21/h9-10,13-18,21,26,31H,5-8,11-12H2,1-4H3/b27-25-. The highest BCUT2D eigenvalue weighted by molar-refractivity contribution is 6.46. The molecule has 2 aromatic rings. The molecule has 6 heteroatoms. The van der Waals surface area contributed by atoms with Crippen molar-refractivity contribution in [2.24, 2.45) is 0 Å². The minimum atomic E-state index is -0.665. The highest BCUT2D eigenvalue weighted by atomic mass is 16.5. The van der Waals surface area contributed by atoms with Crippen LogP contribution in [0.2, 0.25) is 0 Å². The fourth-order valence-electron chi connectivity index (χ4n) is 5.31. The van der Waals surface area contributed by atoms with E-state index in [-0.39, 0.29) is 23.3 Å². The smallest absolute Gasteiger partial charge is 0.295 e. The number of hydrogen-bond donors (Lipinski definition) is 1. The first-order valence-corrected chi connectivity index (χ1v) is 12.6. The Morgan fingerprint density at radius 3 is 2.49 bits per heavy atom. The number of amides is 1. The normalized spacial score (nSPS) is 20.5. The van der Waals surface area contributed by atoms with E-state index in [0.29, 0.717) is 17.9 Å². The Labute approximate surface area is 207 Å². The van der Waals surface area contributed by atoms with Crippen molar-refractivity contribution in [3.63, 3.8) is 0 Å². The van der Waals surface area contributed by atoms with Crippen molar-refractivity contribution < 1.29 is 24.2 Å². The van der Waals surface area contributed by atoms with Gasteiger partial charge in [-0.3, -0.25) is 9.59 Å². The van der Waals surface area contributed by atoms with Crippen LogP contribution in [0.3, 0.4) is 0 Å². The van der Waals surface area contributed by atoms with Crippen molar-refractivity contribution in [1.29, 1.82) is 0 Å². The van der Waals surface area contributed by atoms with Crippen LogP contribution < -0.4 is 9.47 Å². The quantitative estimate of drug-likeness (QED) is 0.302. The zero-order chi connectivity index (χ0) is 25.1. The average Bonchev–Trinajstić information content (AvgIpc) is 3.14. The lowest BCUT2D eigenvalue weighted by atomic mass is 9.90. The van der Waals surface area contributed by atoms with E-state index in [9.17, 15) is 14.7 Å². The number of benzene rings is 2. The van der Waals surface area contributed by atoms with Crippen LogP contribution in [0.25, 0.3) is 5.76 Å². The number of ether oxygens (including phenoxy) is 2. The predicted octanol–water partition coefficient (Wildman–Crippen LogP) is 5.97. The summed E-state index contributed by atoms with van der Waals surface area (Å²) in [5, 5.41) is 11.5. The van der Waals surface area contributed by atoms with Crippen LogP contribution in [-0.4, -0.2) is 41.5 Å². The molecule has 1 aliphatic carbocycles. The number of carbonyl (C=O) groups excluding carboxylic acids is 2. The van der Waals surface area contributed by atoms with Gasteiger partial charge in [0, 0.05) is 11.6 Å². The van der Waals surface area contributed by atoms with Crippen LogP contribution >= 0.6 is 0 Å². The van der Waals surface area contributed by atoms with Crippen molar-refractivity contribution in [2.75, 3.05) is 13.7 Å². The Morgan fingerprint density at radius 2 is 1.83 bits per heavy atom. The molecule has 0 aromatic heterocycles. The van der Waals surface area contributed by atoms with E-state index in [2.05, 4.69) is 13.8 Å². The maximum atomic E-state index is 13.4. The first kappa shape index (κ1) is 24.8. The summed E-state index contributed by atoms with van der Waals surface area (Å²) in [6.07, 6.45) is 4.89. The summed E-state index contributed by atoms with van der Waals surface area (Å²) >= 11 is 0. The van der Waals surface area contributed by atoms with Gasteiger partial charge in [-0.1, -0.05) is 45.2 Å². The van der Waals surface area contributed by atoms with Gasteiger partial charge in [-0.2, -0.15) is 0 Å². The predicted molar refractivity (Wildman–Crippen MR) is 136 cm³/mol. The second kappa shape index (κ2) is 10.5. The van der Waals surface area contributed by atoms with E-state index in [1.165, 1.54) is 0 Å². The van der Waals surface area contributed by atoms with E-state index in [1.807, 2.05) is 43.3 Å². The minimum absolute atomic E-state index is 0.0340. The highest BCUT2D eigenvalue weighted by Gasteiger charge is 2.49. The van der Waals surface area contributed by atoms with Crippen LogP contribution in [-0.2, 0) is 9.59 Å². The van der Waals surface area contributed by atoms with Gasteiger partial charge in [-0.05, 0) is 67.1 Å². The van der Waals surface area contributed by atoms with Crippen LogP contribution in [0, 0.1) is 0 Å². The van der Waals surface area contributed by atoms with Crippen LogP contribution in [0.15, 0.2) is 48.0 Å². The molecule has 1 saturated heterocycles. The molecule has 1 N–H and O–H groups in total. The van der Waals surface area contributed by atoms with Crippen molar-refractivity contribution >= 4 is 17.4 Å². The molecule has 0 bridgehead atoms. The number of hydrogen-bond acceptors (Lipinski definition) is 5. The number of methoxy groups -OCH3 is 1. The maximum Gasteiger partial charge on any atom is 0.295 e. The molecule has 4 rings (SSSR count). The summed E-state index contributed by atoms with van der Waals surface area (Å²) in [5.41, 5.74) is 2.33. The molecule has 1 unspecified atom stereocenters. The first-order valence-electron chi connectivity index (χ1n) is 12.6. The van der Waals surface area contributed by atoms with Crippen molar-refractivity contribution in [2.45, 2.75) is 70.9 Å². The molecule has 1 aliphatic heterocycles. The van der Waals surface area contributed by atoms with Gasteiger partial charge in [0.05, 0.1) is 25.3 Å². The maximum absolute atomic E-state index is 13.4. The fraction of sp³-hybridized carbons (Fsp3) is 0.448. The van der Waals surface area contributed by atoms with Gasteiger partial charge in [0.2, 0.25) is 0 Å². The summed E-state index contributed by atoms with van der Waals surface area (Å²) in [4.78, 5) is 28.5. The zero-order valence-electron chi connectivity index (χ0n) is 21.0. The molecule has 2 aromatic carbocycles. The summed E-state index contributed by atoms with van der Waals surface area (Å²) in [6, 6.07) is 12.2. The van der Waals surface area contributed by atoms with Gasteiger partial charge >= 0.3 is 0 Å². The van der Waals surface area contributed by atoms with E-state index >= 15 is 0 Å². The molecule has 2 fully saturated rings. The van der Waals surface area contributed by atoms with Crippen molar-refractivity contribution in [1.82, 2.24) is 4.90 Å². The monoisotopic (exact) mass is 477 g/mol. The summed E-state index contributed by atoms with van der Waals surface area (Å²) in [6.45, 7) is 6.58. The van der Waals surface area contributed by atoms with Crippen LogP contribution in [0.5, 0.6) is 11.5 Å². The summed E-state index contributed by atoms with van der Waals surface area (Å²) < 4.78 is 11.2. The topological polar surface area (TPSA) is 76.1 Å². The number of aliphatic hydroxyl groups excluding tert-OH is 1. The molecule has 1 amide bonds. The SMILES string of the molecule is CCOc1ccc(/C(O)=C2/C(=O)C(=O)N(C3CCCCC3)C2c2cccc(OC)c2)cc1C(C)C. The molecular formula is C29H35NO5. The molecule has 1 atom stereocenters. The Morgan fingerprint density at radius 1 is 1.09 bits per heavy atom. The number of rotatable bonds is 7. The lowest BCUT2D eigenvalue weighted by molar-refractivity contribution is -0.141. The zero-order valence-corrected chi connectivity index (χ0v) is 21.0. The van der Waals surface area contributed by atoms with Crippen LogP contribution in [0.1, 0.15) is 81.5 Å². The Balaban J connectivity index is 1.88. The summed E-state index contributed by atoms with van der Waals surface area (Å²) in [5.74, 6) is 0.218. The number of nitrogens with zero attached hydrogens (tertiary/aromatic N) is 1. The number of Topliss-reactive ketones (excluding diaryl/α,β-unsaturated/α-hetero) is 1. The molecule has 186 valence electrons. The van der Waals surface area contributed by atoms with E-state index < -0.39 is 17.7 Å². The third-order valence-electron chi connectivity index (χ3n) is 7.06. The lowest BCUT2D eigenvalue weighted by Gasteiger charge is -2.35.